The van der Waals surface area contributed by atoms with E-state index in [-0.39, 0.29) is 0 Å². The maximum atomic E-state index is 4.96. The average Bonchev–Trinajstić information content (AvgIpc) is 2.59. The van der Waals surface area contributed by atoms with Crippen LogP contribution in [0.15, 0.2) is 47.3 Å². The molecule has 1 heteroatoms. The zero-order valence-electron chi connectivity index (χ0n) is 5.53. The third kappa shape index (κ3) is 0.798. The second-order valence-electron chi connectivity index (χ2n) is 2.35. The predicted octanol–water partition coefficient (Wildman–Crippen LogP) is 2.49. The van der Waals surface area contributed by atoms with Gasteiger partial charge in [0.2, 0.25) is 0 Å². The van der Waals surface area contributed by atoms with Crippen LogP contribution in [0.25, 0.3) is 0 Å². The molecule has 1 nitrogen and oxygen atoms in total. The standard InChI is InChI=1S/C9H8O/c1-2-4-8(3-1)9-5-6-10-7-9/h1-8H. The summed E-state index contributed by atoms with van der Waals surface area (Å²) in [6, 6.07) is 1.99. The molecule has 0 N–H and O–H groups in total. The van der Waals surface area contributed by atoms with Gasteiger partial charge in [-0.15, -0.1) is 0 Å². The molecule has 0 aliphatic heterocycles. The van der Waals surface area contributed by atoms with Crippen molar-refractivity contribution in [2.24, 2.45) is 0 Å². The van der Waals surface area contributed by atoms with Crippen molar-refractivity contribution in [3.63, 3.8) is 0 Å². The summed E-state index contributed by atoms with van der Waals surface area (Å²) < 4.78 is 4.96. The third-order valence-electron chi connectivity index (χ3n) is 1.68. The predicted molar refractivity (Wildman–Crippen MR) is 39.7 cm³/mol. The number of allylic oxidation sites excluding steroid dienone is 4. The first-order valence-corrected chi connectivity index (χ1v) is 3.34. The molecule has 0 spiro atoms. The van der Waals surface area contributed by atoms with E-state index in [4.69, 9.17) is 4.42 Å². The van der Waals surface area contributed by atoms with E-state index >= 15 is 0 Å². The van der Waals surface area contributed by atoms with Crippen LogP contribution in [0.3, 0.4) is 0 Å². The molecule has 1 heterocycles. The lowest BCUT2D eigenvalue weighted by molar-refractivity contribution is 0.564. The smallest absolute Gasteiger partial charge is 0.0943 e. The van der Waals surface area contributed by atoms with Crippen molar-refractivity contribution in [3.05, 3.63) is 48.5 Å². The first kappa shape index (κ1) is 5.54. The largest absolute Gasteiger partial charge is 0.472 e. The molecule has 0 saturated heterocycles. The van der Waals surface area contributed by atoms with Crippen LogP contribution < -0.4 is 0 Å². The van der Waals surface area contributed by atoms with Crippen molar-refractivity contribution >= 4 is 0 Å². The molecule has 0 radical (unpaired) electrons. The Hall–Kier alpha value is -1.24. The SMILES string of the molecule is C1=CC(c2ccoc2)C=C1. The second-order valence-corrected chi connectivity index (χ2v) is 2.35. The van der Waals surface area contributed by atoms with Crippen LogP contribution in [0.4, 0.5) is 0 Å². The lowest BCUT2D eigenvalue weighted by atomic mass is 10.1. The molecule has 0 unspecified atom stereocenters. The molecular weight excluding hydrogens is 124 g/mol. The molecule has 1 aliphatic carbocycles. The van der Waals surface area contributed by atoms with Gasteiger partial charge >= 0.3 is 0 Å². The van der Waals surface area contributed by atoms with Crippen LogP contribution in [0.2, 0.25) is 0 Å². The fraction of sp³-hybridized carbons (Fsp3) is 0.111. The Morgan fingerprint density at radius 2 is 2.00 bits per heavy atom. The fourth-order valence-electron chi connectivity index (χ4n) is 1.12. The molecule has 0 saturated carbocycles. The summed E-state index contributed by atoms with van der Waals surface area (Å²) in [5.41, 5.74) is 1.23. The minimum Gasteiger partial charge on any atom is -0.472 e. The highest BCUT2D eigenvalue weighted by Gasteiger charge is 2.06. The Morgan fingerprint density at radius 3 is 2.60 bits per heavy atom. The van der Waals surface area contributed by atoms with Gasteiger partial charge in [0.05, 0.1) is 12.5 Å². The molecule has 0 amide bonds. The van der Waals surface area contributed by atoms with Crippen LogP contribution in [-0.2, 0) is 0 Å². The first-order chi connectivity index (χ1) is 4.97. The molecular formula is C9H8O. The van der Waals surface area contributed by atoms with Gasteiger partial charge in [0.1, 0.15) is 0 Å². The summed E-state index contributed by atoms with van der Waals surface area (Å²) in [6.07, 6.45) is 11.9. The summed E-state index contributed by atoms with van der Waals surface area (Å²) in [4.78, 5) is 0. The van der Waals surface area contributed by atoms with Crippen LogP contribution in [0.1, 0.15) is 11.5 Å². The van der Waals surface area contributed by atoms with Crippen LogP contribution in [0.5, 0.6) is 0 Å². The van der Waals surface area contributed by atoms with E-state index in [1.807, 2.05) is 6.07 Å². The minimum absolute atomic E-state index is 0.443. The van der Waals surface area contributed by atoms with Gasteiger partial charge in [-0.25, -0.2) is 0 Å². The lowest BCUT2D eigenvalue weighted by Crippen LogP contribution is -1.82. The van der Waals surface area contributed by atoms with E-state index in [1.165, 1.54) is 5.56 Å². The monoisotopic (exact) mass is 132 g/mol. The van der Waals surface area contributed by atoms with Crippen molar-refractivity contribution < 1.29 is 4.42 Å². The first-order valence-electron chi connectivity index (χ1n) is 3.34. The Balaban J connectivity index is 2.29. The van der Waals surface area contributed by atoms with Crippen molar-refractivity contribution in [1.82, 2.24) is 0 Å². The van der Waals surface area contributed by atoms with E-state index in [0.29, 0.717) is 5.92 Å². The van der Waals surface area contributed by atoms with Crippen LogP contribution in [0, 0.1) is 0 Å². The van der Waals surface area contributed by atoms with Crippen LogP contribution >= 0.6 is 0 Å². The molecule has 0 fully saturated rings. The molecule has 2 rings (SSSR count). The third-order valence-corrected chi connectivity index (χ3v) is 1.68. The van der Waals surface area contributed by atoms with E-state index in [9.17, 15) is 0 Å². The van der Waals surface area contributed by atoms with Crippen molar-refractivity contribution in [2.45, 2.75) is 5.92 Å². The highest BCUT2D eigenvalue weighted by molar-refractivity contribution is 5.32. The van der Waals surface area contributed by atoms with Gasteiger partial charge in [-0.1, -0.05) is 24.3 Å². The minimum atomic E-state index is 0.443. The molecule has 1 aliphatic rings. The topological polar surface area (TPSA) is 13.1 Å². The Morgan fingerprint density at radius 1 is 1.20 bits per heavy atom. The van der Waals surface area contributed by atoms with E-state index in [0.717, 1.165) is 0 Å². The number of hydrogen-bond donors (Lipinski definition) is 0. The zero-order chi connectivity index (χ0) is 6.81. The van der Waals surface area contributed by atoms with Gasteiger partial charge in [-0.2, -0.15) is 0 Å². The summed E-state index contributed by atoms with van der Waals surface area (Å²) >= 11 is 0. The number of hydrogen-bond acceptors (Lipinski definition) is 1. The molecule has 50 valence electrons. The summed E-state index contributed by atoms with van der Waals surface area (Å²) in [5.74, 6) is 0.443. The molecule has 0 atom stereocenters. The van der Waals surface area contributed by atoms with Gasteiger partial charge in [0.15, 0.2) is 0 Å². The molecule has 1 aromatic heterocycles. The summed E-state index contributed by atoms with van der Waals surface area (Å²) in [6.45, 7) is 0. The molecule has 0 bridgehead atoms. The average molecular weight is 132 g/mol. The van der Waals surface area contributed by atoms with Gasteiger partial charge < -0.3 is 4.42 Å². The number of furan rings is 1. The maximum absolute atomic E-state index is 4.96. The van der Waals surface area contributed by atoms with Gasteiger partial charge in [0.25, 0.3) is 0 Å². The Kier molecular flexibility index (Phi) is 1.21. The van der Waals surface area contributed by atoms with Gasteiger partial charge in [0, 0.05) is 11.5 Å². The highest BCUT2D eigenvalue weighted by Crippen LogP contribution is 2.22. The van der Waals surface area contributed by atoms with Crippen molar-refractivity contribution in [2.75, 3.05) is 0 Å². The van der Waals surface area contributed by atoms with E-state index in [2.05, 4.69) is 24.3 Å². The van der Waals surface area contributed by atoms with E-state index in [1.54, 1.807) is 12.5 Å². The Labute approximate surface area is 59.7 Å². The second kappa shape index (κ2) is 2.18. The number of rotatable bonds is 1. The maximum Gasteiger partial charge on any atom is 0.0943 e. The fourth-order valence-corrected chi connectivity index (χ4v) is 1.12. The normalized spacial score (nSPS) is 16.8. The Bertz CT molecular complexity index is 242. The molecule has 1 aromatic rings. The lowest BCUT2D eigenvalue weighted by Gasteiger charge is -1.97. The van der Waals surface area contributed by atoms with Gasteiger partial charge in [-0.05, 0) is 6.07 Å². The molecule has 10 heavy (non-hydrogen) atoms. The highest BCUT2D eigenvalue weighted by atomic mass is 16.3. The quantitative estimate of drug-likeness (QED) is 0.572. The van der Waals surface area contributed by atoms with Crippen molar-refractivity contribution in [3.8, 4) is 0 Å². The zero-order valence-corrected chi connectivity index (χ0v) is 5.53. The van der Waals surface area contributed by atoms with Gasteiger partial charge in [-0.3, -0.25) is 0 Å². The molecule has 0 aromatic carbocycles. The van der Waals surface area contributed by atoms with Crippen molar-refractivity contribution in [1.29, 1.82) is 0 Å². The summed E-state index contributed by atoms with van der Waals surface area (Å²) in [5, 5.41) is 0. The van der Waals surface area contributed by atoms with Crippen LogP contribution in [-0.4, -0.2) is 0 Å². The summed E-state index contributed by atoms with van der Waals surface area (Å²) in [7, 11) is 0. The van der Waals surface area contributed by atoms with E-state index < -0.39 is 0 Å².